The third kappa shape index (κ3) is 6.85. The molecule has 2 heterocycles. The average Bonchev–Trinajstić information content (AvgIpc) is 3.65. The van der Waals surface area contributed by atoms with E-state index < -0.39 is 5.97 Å². The summed E-state index contributed by atoms with van der Waals surface area (Å²) in [6.45, 7) is 8.50. The highest BCUT2D eigenvalue weighted by Crippen LogP contribution is 2.56. The van der Waals surface area contributed by atoms with Gasteiger partial charge in [-0.05, 0) is 46.6 Å². The lowest BCUT2D eigenvalue weighted by molar-refractivity contribution is -0.164. The number of epoxide rings is 2. The summed E-state index contributed by atoms with van der Waals surface area (Å²) in [5, 5.41) is 0. The van der Waals surface area contributed by atoms with E-state index >= 15 is 0 Å². The predicted molar refractivity (Wildman–Crippen MR) is 127 cm³/mol. The Kier molecular flexibility index (Phi) is 8.27. The molecule has 6 nitrogen and oxygen atoms in total. The molecule has 0 bridgehead atoms. The fraction of sp³-hybridized carbons (Fsp3) is 0.556. The van der Waals surface area contributed by atoms with Gasteiger partial charge in [-0.15, -0.1) is 0 Å². The fourth-order valence-electron chi connectivity index (χ4n) is 4.63. The number of carbonyl (C=O) groups is 2. The van der Waals surface area contributed by atoms with Crippen molar-refractivity contribution in [2.75, 3.05) is 13.7 Å². The van der Waals surface area contributed by atoms with Gasteiger partial charge in [0.05, 0.1) is 30.0 Å². The molecule has 2 saturated heterocycles. The molecule has 0 aromatic rings. The molecule has 1 saturated carbocycles. The average molecular weight is 457 g/mol. The minimum Gasteiger partial charge on any atom is -0.456 e. The molecule has 3 aliphatic rings. The quantitative estimate of drug-likeness (QED) is 0.159. The Hall–Kier alpha value is -2.28. The zero-order valence-electron chi connectivity index (χ0n) is 20.3. The number of ether oxygens (including phenoxy) is 4. The van der Waals surface area contributed by atoms with Crippen molar-refractivity contribution in [1.82, 2.24) is 0 Å². The van der Waals surface area contributed by atoms with Crippen LogP contribution in [0.15, 0.2) is 60.3 Å². The van der Waals surface area contributed by atoms with Gasteiger partial charge < -0.3 is 18.9 Å². The van der Waals surface area contributed by atoms with Gasteiger partial charge in [-0.2, -0.15) is 0 Å². The van der Waals surface area contributed by atoms with Gasteiger partial charge >= 0.3 is 5.97 Å². The van der Waals surface area contributed by atoms with Crippen LogP contribution in [0.2, 0.25) is 0 Å². The summed E-state index contributed by atoms with van der Waals surface area (Å²) >= 11 is 0. The van der Waals surface area contributed by atoms with Crippen molar-refractivity contribution in [2.24, 2.45) is 5.92 Å². The van der Waals surface area contributed by atoms with E-state index in [1.54, 1.807) is 43.6 Å². The largest absolute Gasteiger partial charge is 0.456 e. The van der Waals surface area contributed by atoms with Crippen LogP contribution in [0.3, 0.4) is 0 Å². The third-order valence-electron chi connectivity index (χ3n) is 6.59. The van der Waals surface area contributed by atoms with Crippen LogP contribution < -0.4 is 0 Å². The van der Waals surface area contributed by atoms with E-state index in [2.05, 4.69) is 26.8 Å². The Morgan fingerprint density at radius 1 is 1.00 bits per heavy atom. The third-order valence-corrected chi connectivity index (χ3v) is 6.59. The first-order valence-electron chi connectivity index (χ1n) is 11.6. The van der Waals surface area contributed by atoms with Crippen molar-refractivity contribution in [3.05, 3.63) is 60.3 Å². The number of esters is 1. The molecule has 33 heavy (non-hydrogen) atoms. The van der Waals surface area contributed by atoms with E-state index in [0.29, 0.717) is 13.0 Å². The highest BCUT2D eigenvalue weighted by Gasteiger charge is 2.66. The van der Waals surface area contributed by atoms with E-state index in [0.717, 1.165) is 12.8 Å². The number of hydrogen-bond donors (Lipinski definition) is 0. The van der Waals surface area contributed by atoms with Crippen LogP contribution in [0.5, 0.6) is 0 Å². The monoisotopic (exact) mass is 456 g/mol. The number of allylic oxidation sites excluding steroid dienone is 8. The van der Waals surface area contributed by atoms with Gasteiger partial charge in [-0.1, -0.05) is 48.1 Å². The Morgan fingerprint density at radius 3 is 2.21 bits per heavy atom. The molecule has 1 spiro atoms. The van der Waals surface area contributed by atoms with Crippen LogP contribution in [-0.2, 0) is 28.5 Å². The van der Waals surface area contributed by atoms with Crippen LogP contribution in [-0.4, -0.2) is 55.0 Å². The zero-order chi connectivity index (χ0) is 24.1. The van der Waals surface area contributed by atoms with E-state index in [4.69, 9.17) is 18.9 Å². The maximum atomic E-state index is 12.5. The maximum absolute atomic E-state index is 12.5. The molecule has 0 aromatic carbocycles. The van der Waals surface area contributed by atoms with Gasteiger partial charge in [-0.25, -0.2) is 4.79 Å². The van der Waals surface area contributed by atoms with Gasteiger partial charge in [-0.3, -0.25) is 4.79 Å². The van der Waals surface area contributed by atoms with E-state index in [1.165, 1.54) is 24.6 Å². The van der Waals surface area contributed by atoms with Crippen molar-refractivity contribution < 1.29 is 28.5 Å². The molecule has 2 aliphatic heterocycles. The summed E-state index contributed by atoms with van der Waals surface area (Å²) in [6.07, 6.45) is 17.3. The maximum Gasteiger partial charge on any atom is 0.331 e. The Balaban J connectivity index is 1.59. The van der Waals surface area contributed by atoms with E-state index in [-0.39, 0.29) is 41.2 Å². The van der Waals surface area contributed by atoms with Gasteiger partial charge in [0.1, 0.15) is 6.10 Å². The Labute approximate surface area is 197 Å². The molecule has 1 aliphatic carbocycles. The number of carbonyl (C=O) groups excluding carboxylic acids is 2. The number of hydrogen-bond acceptors (Lipinski definition) is 6. The van der Waals surface area contributed by atoms with Crippen LogP contribution in [0.4, 0.5) is 0 Å². The molecule has 0 amide bonds. The van der Waals surface area contributed by atoms with Crippen molar-refractivity contribution in [2.45, 2.75) is 76.5 Å². The van der Waals surface area contributed by atoms with Crippen LogP contribution in [0, 0.1) is 5.92 Å². The molecule has 6 atom stereocenters. The molecular weight excluding hydrogens is 420 g/mol. The van der Waals surface area contributed by atoms with Gasteiger partial charge in [0.15, 0.2) is 5.78 Å². The summed E-state index contributed by atoms with van der Waals surface area (Å²) in [5.41, 5.74) is 0.735. The second kappa shape index (κ2) is 10.8. The van der Waals surface area contributed by atoms with Crippen LogP contribution >= 0.6 is 0 Å². The van der Waals surface area contributed by atoms with E-state index in [1.807, 2.05) is 0 Å². The molecule has 6 unspecified atom stereocenters. The van der Waals surface area contributed by atoms with Crippen LogP contribution in [0.25, 0.3) is 0 Å². The molecule has 0 radical (unpaired) electrons. The topological polar surface area (TPSA) is 77.7 Å². The smallest absolute Gasteiger partial charge is 0.331 e. The van der Waals surface area contributed by atoms with E-state index in [9.17, 15) is 9.59 Å². The second-order valence-corrected chi connectivity index (χ2v) is 9.57. The molecule has 0 N–H and O–H groups in total. The Morgan fingerprint density at radius 2 is 1.64 bits per heavy atom. The molecule has 6 heteroatoms. The highest BCUT2D eigenvalue weighted by atomic mass is 16.6. The minimum atomic E-state index is -0.411. The van der Waals surface area contributed by atoms with Gasteiger partial charge in [0.2, 0.25) is 0 Å². The number of rotatable bonds is 10. The predicted octanol–water partition coefficient (Wildman–Crippen LogP) is 4.42. The molecular formula is C27H36O6. The van der Waals surface area contributed by atoms with Gasteiger partial charge in [0.25, 0.3) is 0 Å². The summed E-state index contributed by atoms with van der Waals surface area (Å²) in [6, 6.07) is 0. The molecule has 3 fully saturated rings. The molecule has 0 aromatic heterocycles. The first kappa shape index (κ1) is 25.3. The normalized spacial score (nSPS) is 35.7. The first-order chi connectivity index (χ1) is 15.7. The lowest BCUT2D eigenvalue weighted by Crippen LogP contribution is -2.52. The number of methoxy groups -OCH3 is 1. The lowest BCUT2D eigenvalue weighted by atomic mass is 9.70. The summed E-state index contributed by atoms with van der Waals surface area (Å²) < 4.78 is 23.7. The first-order valence-corrected chi connectivity index (χ1v) is 11.6. The summed E-state index contributed by atoms with van der Waals surface area (Å²) in [5.74, 6) is -0.328. The molecule has 180 valence electrons. The summed E-state index contributed by atoms with van der Waals surface area (Å²) in [7, 11) is 1.67. The summed E-state index contributed by atoms with van der Waals surface area (Å²) in [4.78, 5) is 23.3. The standard InChI is InChI=1S/C27H36O6/c1-19(2)14-15-23-26(4,33-23)21-16-27(18-31-27)17-22(25(21)30-5)32-24(29)13-11-9-7-6-8-10-12-20(3)28/h6-14,21-23,25H,15-18H2,1-5H3/b8-6+,9-7+,12-10+,13-11+. The highest BCUT2D eigenvalue weighted by molar-refractivity contribution is 5.87. The SMILES string of the molecule is COC1C(OC(=O)/C=C/C=C/C=C/C=C/C(C)=O)CC2(CO2)CC1C1(C)OC1CC=C(C)C. The fourth-order valence-corrected chi connectivity index (χ4v) is 4.63. The van der Waals surface area contributed by atoms with Crippen molar-refractivity contribution >= 4 is 11.8 Å². The minimum absolute atomic E-state index is 0.00498. The second-order valence-electron chi connectivity index (χ2n) is 9.57. The number of ketones is 1. The Bertz CT molecular complexity index is 871. The van der Waals surface area contributed by atoms with Crippen molar-refractivity contribution in [1.29, 1.82) is 0 Å². The lowest BCUT2D eigenvalue weighted by Gasteiger charge is -2.41. The molecule has 3 rings (SSSR count). The van der Waals surface area contributed by atoms with Crippen LogP contribution in [0.1, 0.15) is 47.0 Å². The van der Waals surface area contributed by atoms with Crippen molar-refractivity contribution in [3.63, 3.8) is 0 Å². The zero-order valence-corrected chi connectivity index (χ0v) is 20.3. The van der Waals surface area contributed by atoms with Gasteiger partial charge in [0, 0.05) is 25.5 Å². The van der Waals surface area contributed by atoms with Crippen molar-refractivity contribution in [3.8, 4) is 0 Å².